The molecular formula is C22H21N3O4. The number of hydrogen-bond donors (Lipinski definition) is 1. The monoisotopic (exact) mass is 391 g/mol. The van der Waals surface area contributed by atoms with E-state index in [9.17, 15) is 15.3 Å². The molecule has 2 atom stereocenters. The molecule has 0 saturated carbocycles. The first-order valence-corrected chi connectivity index (χ1v) is 9.25. The Morgan fingerprint density at radius 3 is 2.21 bits per heavy atom. The zero-order chi connectivity index (χ0) is 20.4. The van der Waals surface area contributed by atoms with Crippen molar-refractivity contribution in [3.8, 4) is 5.75 Å². The van der Waals surface area contributed by atoms with E-state index in [1.165, 1.54) is 17.2 Å². The lowest BCUT2D eigenvalue weighted by Gasteiger charge is -2.29. The second kappa shape index (κ2) is 7.90. The number of ether oxygens (including phenoxy) is 1. The molecular weight excluding hydrogens is 370 g/mol. The minimum Gasteiger partial charge on any atom is -0.497 e. The van der Waals surface area contributed by atoms with Crippen LogP contribution >= 0.6 is 0 Å². The molecule has 0 aliphatic carbocycles. The van der Waals surface area contributed by atoms with Gasteiger partial charge in [0.1, 0.15) is 11.9 Å². The summed E-state index contributed by atoms with van der Waals surface area (Å²) in [6.45, 7) is 0.564. The molecule has 1 aliphatic rings. The van der Waals surface area contributed by atoms with E-state index in [1.54, 1.807) is 19.2 Å². The van der Waals surface area contributed by atoms with E-state index in [0.29, 0.717) is 6.54 Å². The Hall–Kier alpha value is -3.42. The van der Waals surface area contributed by atoms with Gasteiger partial charge < -0.3 is 14.8 Å². The van der Waals surface area contributed by atoms with Crippen LogP contribution in [0.5, 0.6) is 5.75 Å². The topological polar surface area (TPSA) is 79.1 Å². The maximum atomic E-state index is 11.1. The summed E-state index contributed by atoms with van der Waals surface area (Å²) >= 11 is 0. The van der Waals surface area contributed by atoms with Crippen molar-refractivity contribution in [3.05, 3.63) is 100 Å². The van der Waals surface area contributed by atoms with Crippen molar-refractivity contribution in [2.75, 3.05) is 18.6 Å². The molecule has 29 heavy (non-hydrogen) atoms. The molecule has 7 nitrogen and oxygen atoms in total. The van der Waals surface area contributed by atoms with Crippen LogP contribution in [0.4, 0.5) is 11.4 Å². The second-order valence-corrected chi connectivity index (χ2v) is 6.88. The predicted molar refractivity (Wildman–Crippen MR) is 109 cm³/mol. The van der Waals surface area contributed by atoms with Gasteiger partial charge in [-0.3, -0.25) is 10.1 Å². The van der Waals surface area contributed by atoms with Gasteiger partial charge in [0.2, 0.25) is 0 Å². The summed E-state index contributed by atoms with van der Waals surface area (Å²) < 4.78 is 5.25. The number of nitro benzene ring substituents is 1. The minimum atomic E-state index is -0.477. The van der Waals surface area contributed by atoms with Crippen LogP contribution in [-0.4, -0.2) is 28.8 Å². The lowest BCUT2D eigenvalue weighted by molar-refractivity contribution is -0.384. The van der Waals surface area contributed by atoms with Gasteiger partial charge in [-0.2, -0.15) is 5.06 Å². The van der Waals surface area contributed by atoms with E-state index in [-0.39, 0.29) is 11.7 Å². The van der Waals surface area contributed by atoms with Crippen LogP contribution in [0.3, 0.4) is 0 Å². The van der Waals surface area contributed by atoms with E-state index in [1.807, 2.05) is 54.6 Å². The van der Waals surface area contributed by atoms with Gasteiger partial charge in [-0.25, -0.2) is 0 Å². The summed E-state index contributed by atoms with van der Waals surface area (Å²) in [6.07, 6.45) is -0.477. The number of rotatable bonds is 5. The Bertz CT molecular complexity index is 977. The van der Waals surface area contributed by atoms with Gasteiger partial charge in [0.15, 0.2) is 0 Å². The first kappa shape index (κ1) is 18.9. The zero-order valence-corrected chi connectivity index (χ0v) is 15.9. The Morgan fingerprint density at radius 1 is 0.966 bits per heavy atom. The average Bonchev–Trinajstić information content (AvgIpc) is 3.11. The number of nitrogens with zero attached hydrogens (tertiary/aromatic N) is 3. The largest absolute Gasteiger partial charge is 0.497 e. The van der Waals surface area contributed by atoms with Crippen LogP contribution in [0, 0.1) is 10.1 Å². The number of benzene rings is 3. The standard InChI is InChI=1S/C22H21N3O4/c1-29-20-13-11-18(12-14-20)23-15-21(16-5-3-2-4-6-16)24(26)22(23)17-7-9-19(10-8-17)25(27)28/h2-14,21-22,26H,15H2,1H3. The third-order valence-corrected chi connectivity index (χ3v) is 5.23. The molecule has 1 aliphatic heterocycles. The Balaban J connectivity index is 1.73. The van der Waals surface area contributed by atoms with Crippen molar-refractivity contribution in [2.45, 2.75) is 12.2 Å². The number of methoxy groups -OCH3 is 1. The SMILES string of the molecule is COc1ccc(N2CC(c3ccccc3)N(O)C2c2ccc([N+](=O)[O-])cc2)cc1. The summed E-state index contributed by atoms with van der Waals surface area (Å²) in [4.78, 5) is 12.7. The van der Waals surface area contributed by atoms with Crippen molar-refractivity contribution < 1.29 is 14.9 Å². The average molecular weight is 391 g/mol. The second-order valence-electron chi connectivity index (χ2n) is 6.88. The van der Waals surface area contributed by atoms with Crippen LogP contribution in [0.2, 0.25) is 0 Å². The van der Waals surface area contributed by atoms with Crippen molar-refractivity contribution in [3.63, 3.8) is 0 Å². The van der Waals surface area contributed by atoms with E-state index in [4.69, 9.17) is 4.74 Å². The molecule has 1 fully saturated rings. The third-order valence-electron chi connectivity index (χ3n) is 5.23. The molecule has 4 rings (SSSR count). The van der Waals surface area contributed by atoms with Crippen LogP contribution in [0.15, 0.2) is 78.9 Å². The van der Waals surface area contributed by atoms with Gasteiger partial charge in [-0.15, -0.1) is 0 Å². The minimum absolute atomic E-state index is 0.0202. The molecule has 0 amide bonds. The van der Waals surface area contributed by atoms with Crippen molar-refractivity contribution in [1.82, 2.24) is 5.06 Å². The third kappa shape index (κ3) is 3.65. The molecule has 3 aromatic rings. The van der Waals surface area contributed by atoms with Crippen molar-refractivity contribution in [2.24, 2.45) is 0 Å². The molecule has 0 spiro atoms. The van der Waals surface area contributed by atoms with E-state index in [2.05, 4.69) is 4.90 Å². The summed E-state index contributed by atoms with van der Waals surface area (Å²) in [7, 11) is 1.62. The number of anilines is 1. The Kier molecular flexibility index (Phi) is 5.16. The molecule has 0 aromatic heterocycles. The fourth-order valence-electron chi connectivity index (χ4n) is 3.74. The van der Waals surface area contributed by atoms with Crippen LogP contribution < -0.4 is 9.64 Å². The maximum Gasteiger partial charge on any atom is 0.269 e. The molecule has 1 N–H and O–H groups in total. The zero-order valence-electron chi connectivity index (χ0n) is 15.9. The van der Waals surface area contributed by atoms with Crippen LogP contribution in [0.1, 0.15) is 23.3 Å². The molecule has 7 heteroatoms. The van der Waals surface area contributed by atoms with Gasteiger partial charge in [0.25, 0.3) is 5.69 Å². The Labute approximate surface area is 168 Å². The van der Waals surface area contributed by atoms with E-state index in [0.717, 1.165) is 22.6 Å². The van der Waals surface area contributed by atoms with Gasteiger partial charge in [0.05, 0.1) is 18.1 Å². The lowest BCUT2D eigenvalue weighted by Crippen LogP contribution is -2.29. The summed E-state index contributed by atoms with van der Waals surface area (Å²) in [5.41, 5.74) is 2.71. The first-order valence-electron chi connectivity index (χ1n) is 9.25. The van der Waals surface area contributed by atoms with Crippen LogP contribution in [-0.2, 0) is 0 Å². The predicted octanol–water partition coefficient (Wildman–Crippen LogP) is 4.55. The van der Waals surface area contributed by atoms with Gasteiger partial charge in [0, 0.05) is 24.4 Å². The molecule has 2 unspecified atom stereocenters. The molecule has 148 valence electrons. The summed E-state index contributed by atoms with van der Waals surface area (Å²) in [5, 5.41) is 23.4. The molecule has 1 saturated heterocycles. The van der Waals surface area contributed by atoms with Crippen molar-refractivity contribution >= 4 is 11.4 Å². The first-order chi connectivity index (χ1) is 14.1. The van der Waals surface area contributed by atoms with E-state index >= 15 is 0 Å². The molecule has 1 heterocycles. The number of nitro groups is 1. The highest BCUT2D eigenvalue weighted by Gasteiger charge is 2.40. The maximum absolute atomic E-state index is 11.1. The van der Waals surface area contributed by atoms with Crippen LogP contribution in [0.25, 0.3) is 0 Å². The fourth-order valence-corrected chi connectivity index (χ4v) is 3.74. The quantitative estimate of drug-likeness (QED) is 0.508. The highest BCUT2D eigenvalue weighted by atomic mass is 16.6. The number of hydrogen-bond acceptors (Lipinski definition) is 6. The van der Waals surface area contributed by atoms with E-state index < -0.39 is 11.1 Å². The highest BCUT2D eigenvalue weighted by molar-refractivity contribution is 5.53. The van der Waals surface area contributed by atoms with Gasteiger partial charge >= 0.3 is 0 Å². The van der Waals surface area contributed by atoms with Gasteiger partial charge in [-0.1, -0.05) is 30.3 Å². The van der Waals surface area contributed by atoms with Crippen molar-refractivity contribution in [1.29, 1.82) is 0 Å². The summed E-state index contributed by atoms with van der Waals surface area (Å²) in [5.74, 6) is 0.750. The highest BCUT2D eigenvalue weighted by Crippen LogP contribution is 2.42. The Morgan fingerprint density at radius 2 is 1.62 bits per heavy atom. The normalized spacial score (nSPS) is 19.3. The smallest absolute Gasteiger partial charge is 0.269 e. The van der Waals surface area contributed by atoms with Gasteiger partial charge in [-0.05, 0) is 47.5 Å². The molecule has 0 bridgehead atoms. The lowest BCUT2D eigenvalue weighted by atomic mass is 10.1. The number of hydroxylamine groups is 2. The summed E-state index contributed by atoms with van der Waals surface area (Å²) in [6, 6.07) is 23.5. The fraction of sp³-hybridized carbons (Fsp3) is 0.182. The molecule has 0 radical (unpaired) electrons. The molecule has 3 aromatic carbocycles. The number of non-ortho nitro benzene ring substituents is 1.